The minimum atomic E-state index is -0.497. The summed E-state index contributed by atoms with van der Waals surface area (Å²) in [6, 6.07) is 42.0. The number of hydrogen-bond donors (Lipinski definition) is 2. The number of rotatable bonds is 7. The molecule has 4 nitrogen and oxygen atoms in total. The van der Waals surface area contributed by atoms with E-state index < -0.39 is 11.3 Å². The highest BCUT2D eigenvalue weighted by atomic mass is 33.1. The Bertz CT molecular complexity index is 1330. The van der Waals surface area contributed by atoms with Crippen molar-refractivity contribution in [3.8, 4) is 0 Å². The van der Waals surface area contributed by atoms with Gasteiger partial charge in [-0.05, 0) is 36.1 Å². The average molecular weight is 535 g/mol. The molecule has 6 rings (SSSR count). The van der Waals surface area contributed by atoms with Gasteiger partial charge in [-0.15, -0.1) is 0 Å². The van der Waals surface area contributed by atoms with Gasteiger partial charge in [0.15, 0.2) is 0 Å². The molecular formula is C32H30N4S2. The Morgan fingerprint density at radius 2 is 0.816 bits per heavy atom. The van der Waals surface area contributed by atoms with Crippen LogP contribution in [0.3, 0.4) is 0 Å². The van der Waals surface area contributed by atoms with Crippen LogP contribution in [0.5, 0.6) is 0 Å². The zero-order valence-electron chi connectivity index (χ0n) is 21.4. The average Bonchev–Trinajstić information content (AvgIpc) is 3.52. The van der Waals surface area contributed by atoms with Gasteiger partial charge >= 0.3 is 0 Å². The molecular weight excluding hydrogens is 505 g/mol. The molecule has 0 fully saturated rings. The van der Waals surface area contributed by atoms with Crippen molar-refractivity contribution >= 4 is 33.0 Å². The van der Waals surface area contributed by atoms with Crippen molar-refractivity contribution in [1.29, 1.82) is 0 Å². The summed E-state index contributed by atoms with van der Waals surface area (Å²) in [7, 11) is 3.61. The first-order valence-corrected chi connectivity index (χ1v) is 15.1. The molecule has 0 spiro atoms. The van der Waals surface area contributed by atoms with Gasteiger partial charge in [0.2, 0.25) is 0 Å². The van der Waals surface area contributed by atoms with Crippen molar-refractivity contribution in [2.75, 3.05) is 0 Å². The lowest BCUT2D eigenvalue weighted by molar-refractivity contribution is 0.427. The number of hydrogen-bond acceptors (Lipinski definition) is 6. The molecule has 0 radical (unpaired) electrons. The van der Waals surface area contributed by atoms with Gasteiger partial charge in [-0.2, -0.15) is 0 Å². The summed E-state index contributed by atoms with van der Waals surface area (Å²) in [6.45, 7) is 4.32. The fourth-order valence-corrected chi connectivity index (χ4v) is 7.87. The topological polar surface area (TPSA) is 48.8 Å². The molecule has 0 aromatic heterocycles. The second kappa shape index (κ2) is 10.5. The Morgan fingerprint density at radius 1 is 0.500 bits per heavy atom. The summed E-state index contributed by atoms with van der Waals surface area (Å²) in [6.07, 6.45) is 0. The smallest absolute Gasteiger partial charge is 0.135 e. The predicted molar refractivity (Wildman–Crippen MR) is 163 cm³/mol. The maximum atomic E-state index is 5.26. The van der Waals surface area contributed by atoms with E-state index in [-0.39, 0.29) is 10.7 Å². The first kappa shape index (κ1) is 25.1. The van der Waals surface area contributed by atoms with Crippen LogP contribution in [0.2, 0.25) is 0 Å². The summed E-state index contributed by atoms with van der Waals surface area (Å²) in [4.78, 5) is 10.5. The van der Waals surface area contributed by atoms with E-state index in [1.807, 2.05) is 12.1 Å². The quantitative estimate of drug-likeness (QED) is 0.252. The third-order valence-corrected chi connectivity index (χ3v) is 9.73. The third kappa shape index (κ3) is 4.97. The van der Waals surface area contributed by atoms with Crippen LogP contribution in [0.25, 0.3) is 0 Å². The van der Waals surface area contributed by atoms with Crippen LogP contribution >= 0.6 is 21.6 Å². The van der Waals surface area contributed by atoms with Crippen molar-refractivity contribution in [2.45, 2.75) is 35.9 Å². The molecule has 0 bridgehead atoms. The fraction of sp³-hybridized carbons (Fsp3) is 0.188. The second-order valence-electron chi connectivity index (χ2n) is 9.84. The molecule has 0 saturated carbocycles. The summed E-state index contributed by atoms with van der Waals surface area (Å²) in [5.74, 6) is 0. The molecule has 0 saturated heterocycles. The summed E-state index contributed by atoms with van der Waals surface area (Å²) < 4.78 is 0. The van der Waals surface area contributed by atoms with E-state index in [0.29, 0.717) is 0 Å². The van der Waals surface area contributed by atoms with Crippen LogP contribution in [0.1, 0.15) is 36.1 Å². The summed E-state index contributed by atoms with van der Waals surface area (Å²) in [5, 5.41) is 7.69. The molecule has 4 aromatic rings. The molecule has 190 valence electrons. The Morgan fingerprint density at radius 3 is 1.16 bits per heavy atom. The number of aliphatic imine (C=N–C) groups is 2. The lowest BCUT2D eigenvalue weighted by Gasteiger charge is -2.26. The van der Waals surface area contributed by atoms with Gasteiger partial charge in [-0.25, -0.2) is 0 Å². The Hall–Kier alpha value is -3.16. The van der Waals surface area contributed by atoms with E-state index >= 15 is 0 Å². The standard InChI is InChI=1S/C32H30N4S2/c1-31(25-19-11-5-12-20-25)33-27(23-15-7-3-8-16-23)29(35-31)37-38-30-28(24-17-9-4-10-18-24)34-32(2,36-30)26-21-13-6-14-22-26/h3-22,29-30,35-36H,1-2H3. The monoisotopic (exact) mass is 534 g/mol. The molecule has 6 heteroatoms. The van der Waals surface area contributed by atoms with Gasteiger partial charge < -0.3 is 0 Å². The first-order valence-electron chi connectivity index (χ1n) is 12.8. The van der Waals surface area contributed by atoms with Crippen LogP contribution in [0.15, 0.2) is 131 Å². The van der Waals surface area contributed by atoms with Crippen molar-refractivity contribution in [3.63, 3.8) is 0 Å². The molecule has 2 aliphatic rings. The highest BCUT2D eigenvalue weighted by Gasteiger charge is 2.42. The highest BCUT2D eigenvalue weighted by Crippen LogP contribution is 2.43. The van der Waals surface area contributed by atoms with Gasteiger partial charge in [-0.3, -0.25) is 20.6 Å². The Balaban J connectivity index is 1.29. The molecule has 2 heterocycles. The van der Waals surface area contributed by atoms with Crippen LogP contribution in [-0.4, -0.2) is 22.2 Å². The Labute approximate surface area is 232 Å². The molecule has 38 heavy (non-hydrogen) atoms. The summed E-state index contributed by atoms with van der Waals surface area (Å²) >= 11 is 0. The molecule has 4 aromatic carbocycles. The van der Waals surface area contributed by atoms with E-state index in [4.69, 9.17) is 9.98 Å². The zero-order chi connectivity index (χ0) is 26.0. The zero-order valence-corrected chi connectivity index (χ0v) is 23.0. The summed E-state index contributed by atoms with van der Waals surface area (Å²) in [5.41, 5.74) is 5.73. The SMILES string of the molecule is CC1(c2ccccc2)N=C(c2ccccc2)C(SSC2NC(C)(c3ccccc3)N=C2c2ccccc2)N1. The van der Waals surface area contributed by atoms with Crippen molar-refractivity contribution in [3.05, 3.63) is 144 Å². The number of nitrogens with zero attached hydrogens (tertiary/aromatic N) is 2. The minimum Gasteiger partial charge on any atom is -0.272 e. The number of benzene rings is 4. The second-order valence-corrected chi connectivity index (χ2v) is 12.3. The largest absolute Gasteiger partial charge is 0.272 e. The number of nitrogens with one attached hydrogen (secondary N) is 2. The van der Waals surface area contributed by atoms with Crippen LogP contribution < -0.4 is 10.6 Å². The van der Waals surface area contributed by atoms with Crippen LogP contribution in [0.4, 0.5) is 0 Å². The van der Waals surface area contributed by atoms with E-state index in [1.165, 1.54) is 0 Å². The van der Waals surface area contributed by atoms with Crippen molar-refractivity contribution < 1.29 is 0 Å². The lowest BCUT2D eigenvalue weighted by Crippen LogP contribution is -2.40. The van der Waals surface area contributed by atoms with Gasteiger partial charge in [0, 0.05) is 0 Å². The van der Waals surface area contributed by atoms with E-state index in [9.17, 15) is 0 Å². The van der Waals surface area contributed by atoms with E-state index in [1.54, 1.807) is 21.6 Å². The Kier molecular flexibility index (Phi) is 6.97. The van der Waals surface area contributed by atoms with Gasteiger partial charge in [0.25, 0.3) is 0 Å². The molecule has 4 atom stereocenters. The van der Waals surface area contributed by atoms with Crippen LogP contribution in [0, 0.1) is 0 Å². The van der Waals surface area contributed by atoms with Crippen LogP contribution in [-0.2, 0) is 11.3 Å². The third-order valence-electron chi connectivity index (χ3n) is 7.07. The molecule has 2 aliphatic heterocycles. The fourth-order valence-electron chi connectivity index (χ4n) is 5.03. The predicted octanol–water partition coefficient (Wildman–Crippen LogP) is 6.95. The lowest BCUT2D eigenvalue weighted by atomic mass is 10.0. The maximum Gasteiger partial charge on any atom is 0.135 e. The van der Waals surface area contributed by atoms with E-state index in [0.717, 1.165) is 33.7 Å². The van der Waals surface area contributed by atoms with Crippen molar-refractivity contribution in [2.24, 2.45) is 9.98 Å². The first-order chi connectivity index (χ1) is 18.5. The maximum absolute atomic E-state index is 5.26. The van der Waals surface area contributed by atoms with Gasteiger partial charge in [-0.1, -0.05) is 143 Å². The molecule has 0 amide bonds. The highest BCUT2D eigenvalue weighted by molar-refractivity contribution is 8.77. The van der Waals surface area contributed by atoms with Crippen molar-refractivity contribution in [1.82, 2.24) is 10.6 Å². The molecule has 4 unspecified atom stereocenters. The normalized spacial score (nSPS) is 26.7. The molecule has 2 N–H and O–H groups in total. The van der Waals surface area contributed by atoms with Gasteiger partial charge in [0.05, 0.1) is 11.4 Å². The molecule has 0 aliphatic carbocycles. The van der Waals surface area contributed by atoms with Gasteiger partial charge in [0.1, 0.15) is 22.1 Å². The minimum absolute atomic E-state index is 0.00927. The van der Waals surface area contributed by atoms with E-state index in [2.05, 4.69) is 134 Å².